The minimum atomic E-state index is -0.359. The Kier molecular flexibility index (Phi) is 4.69. The van der Waals surface area contributed by atoms with Crippen LogP contribution in [0.15, 0.2) is 28.2 Å². The first kappa shape index (κ1) is 11.3. The van der Waals surface area contributed by atoms with Crippen molar-refractivity contribution in [3.05, 3.63) is 33.1 Å². The summed E-state index contributed by atoms with van der Waals surface area (Å²) in [6.45, 7) is 0.700. The van der Waals surface area contributed by atoms with E-state index in [-0.39, 0.29) is 5.97 Å². The molecule has 76 valence electrons. The number of thiophene rings is 1. The number of esters is 1. The fourth-order valence-corrected chi connectivity index (χ4v) is 2.24. The molecule has 1 aromatic rings. The maximum atomic E-state index is 10.7. The molecule has 0 aliphatic heterocycles. The van der Waals surface area contributed by atoms with Gasteiger partial charge in [-0.3, -0.25) is 0 Å². The van der Waals surface area contributed by atoms with Crippen LogP contribution >= 0.6 is 27.3 Å². The van der Waals surface area contributed by atoms with Gasteiger partial charge in [0.05, 0.1) is 7.11 Å². The molecule has 1 rings (SSSR count). The fourth-order valence-electron chi connectivity index (χ4n) is 0.798. The zero-order valence-electron chi connectivity index (χ0n) is 7.62. The maximum Gasteiger partial charge on any atom is 0.331 e. The van der Waals surface area contributed by atoms with Gasteiger partial charge in [0.1, 0.15) is 0 Å². The molecular formula is C9H10BrNO2S. The summed E-state index contributed by atoms with van der Waals surface area (Å²) < 4.78 is 5.52. The Labute approximate surface area is 94.9 Å². The zero-order chi connectivity index (χ0) is 10.4. The lowest BCUT2D eigenvalue weighted by Crippen LogP contribution is -2.05. The molecule has 5 heteroatoms. The Morgan fingerprint density at radius 2 is 2.57 bits per heavy atom. The van der Waals surface area contributed by atoms with Crippen molar-refractivity contribution in [2.45, 2.75) is 6.54 Å². The molecule has 0 bridgehead atoms. The van der Waals surface area contributed by atoms with Gasteiger partial charge < -0.3 is 10.1 Å². The van der Waals surface area contributed by atoms with Crippen LogP contribution in [0.4, 0.5) is 0 Å². The van der Waals surface area contributed by atoms with Crippen LogP contribution in [0, 0.1) is 0 Å². The number of methoxy groups -OCH3 is 1. The molecule has 0 aromatic carbocycles. The highest BCUT2D eigenvalue weighted by molar-refractivity contribution is 9.10. The van der Waals surface area contributed by atoms with Gasteiger partial charge in [0, 0.05) is 28.2 Å². The van der Waals surface area contributed by atoms with Crippen molar-refractivity contribution in [3.63, 3.8) is 0 Å². The summed E-state index contributed by atoms with van der Waals surface area (Å²) in [7, 11) is 1.35. The summed E-state index contributed by atoms with van der Waals surface area (Å²) in [6, 6.07) is 1.99. The standard InChI is InChI=1S/C9H10BrNO2S/c1-13-9(12)2-4-11-6-8-7(10)3-5-14-8/h2-5,11H,6H2,1H3/b4-2+. The van der Waals surface area contributed by atoms with Crippen LogP contribution in [0.5, 0.6) is 0 Å². The third-order valence-electron chi connectivity index (χ3n) is 1.49. The number of ether oxygens (including phenoxy) is 1. The minimum Gasteiger partial charge on any atom is -0.466 e. The van der Waals surface area contributed by atoms with Gasteiger partial charge in [-0.15, -0.1) is 11.3 Å². The number of hydrogen-bond donors (Lipinski definition) is 1. The minimum absolute atomic E-state index is 0.359. The summed E-state index contributed by atoms with van der Waals surface area (Å²) in [6.07, 6.45) is 2.93. The lowest BCUT2D eigenvalue weighted by Gasteiger charge is -1.98. The number of halogens is 1. The van der Waals surface area contributed by atoms with Crippen molar-refractivity contribution in [2.75, 3.05) is 7.11 Å². The van der Waals surface area contributed by atoms with E-state index in [4.69, 9.17) is 0 Å². The van der Waals surface area contributed by atoms with Crippen molar-refractivity contribution in [3.8, 4) is 0 Å². The summed E-state index contributed by atoms with van der Waals surface area (Å²) in [5.41, 5.74) is 0. The van der Waals surface area contributed by atoms with Gasteiger partial charge in [-0.05, 0) is 27.4 Å². The maximum absolute atomic E-state index is 10.7. The topological polar surface area (TPSA) is 38.3 Å². The van der Waals surface area contributed by atoms with Gasteiger partial charge in [-0.2, -0.15) is 0 Å². The van der Waals surface area contributed by atoms with Gasteiger partial charge >= 0.3 is 5.97 Å². The average molecular weight is 276 g/mol. The number of carbonyl (C=O) groups excluding carboxylic acids is 1. The molecule has 0 saturated carbocycles. The second-order valence-electron chi connectivity index (χ2n) is 2.43. The predicted molar refractivity (Wildman–Crippen MR) is 60.0 cm³/mol. The van der Waals surface area contributed by atoms with Crippen LogP contribution in [-0.2, 0) is 16.1 Å². The molecule has 3 nitrogen and oxygen atoms in total. The van der Waals surface area contributed by atoms with E-state index in [0.29, 0.717) is 6.54 Å². The molecular weight excluding hydrogens is 266 g/mol. The molecule has 14 heavy (non-hydrogen) atoms. The van der Waals surface area contributed by atoms with E-state index in [2.05, 4.69) is 26.0 Å². The Bertz CT molecular complexity index is 335. The first-order valence-electron chi connectivity index (χ1n) is 3.94. The van der Waals surface area contributed by atoms with Gasteiger partial charge in [0.15, 0.2) is 0 Å². The lowest BCUT2D eigenvalue weighted by molar-refractivity contribution is -0.134. The van der Waals surface area contributed by atoms with E-state index >= 15 is 0 Å². The molecule has 0 unspecified atom stereocenters. The molecule has 0 saturated heterocycles. The highest BCUT2D eigenvalue weighted by atomic mass is 79.9. The number of carbonyl (C=O) groups is 1. The SMILES string of the molecule is COC(=O)/C=C/NCc1sccc1Br. The van der Waals surface area contributed by atoms with E-state index in [9.17, 15) is 4.79 Å². The van der Waals surface area contributed by atoms with Crippen molar-refractivity contribution in [1.29, 1.82) is 0 Å². The monoisotopic (exact) mass is 275 g/mol. The molecule has 0 amide bonds. The molecule has 0 fully saturated rings. The van der Waals surface area contributed by atoms with Gasteiger partial charge in [0.25, 0.3) is 0 Å². The van der Waals surface area contributed by atoms with Crippen LogP contribution in [-0.4, -0.2) is 13.1 Å². The molecule has 1 aromatic heterocycles. The summed E-state index contributed by atoms with van der Waals surface area (Å²) in [5, 5.41) is 5.00. The highest BCUT2D eigenvalue weighted by Gasteiger charge is 1.98. The summed E-state index contributed by atoms with van der Waals surface area (Å²) in [4.78, 5) is 11.9. The number of hydrogen-bond acceptors (Lipinski definition) is 4. The van der Waals surface area contributed by atoms with E-state index in [0.717, 1.165) is 4.47 Å². The lowest BCUT2D eigenvalue weighted by atomic mass is 10.4. The van der Waals surface area contributed by atoms with Crippen molar-refractivity contribution in [2.24, 2.45) is 0 Å². The first-order chi connectivity index (χ1) is 6.74. The Balaban J connectivity index is 2.32. The van der Waals surface area contributed by atoms with Gasteiger partial charge in [0.2, 0.25) is 0 Å². The van der Waals surface area contributed by atoms with Crippen molar-refractivity contribution in [1.82, 2.24) is 5.32 Å². The molecule has 0 atom stereocenters. The van der Waals surface area contributed by atoms with Crippen LogP contribution < -0.4 is 5.32 Å². The Hall–Kier alpha value is -0.810. The summed E-state index contributed by atoms with van der Waals surface area (Å²) in [5.74, 6) is -0.359. The van der Waals surface area contributed by atoms with E-state index in [1.807, 2.05) is 11.4 Å². The third kappa shape index (κ3) is 3.51. The van der Waals surface area contributed by atoms with Crippen LogP contribution in [0.25, 0.3) is 0 Å². The smallest absolute Gasteiger partial charge is 0.331 e. The quantitative estimate of drug-likeness (QED) is 0.677. The first-order valence-corrected chi connectivity index (χ1v) is 5.61. The van der Waals surface area contributed by atoms with E-state index < -0.39 is 0 Å². The number of rotatable bonds is 4. The fraction of sp³-hybridized carbons (Fsp3) is 0.222. The Morgan fingerprint density at radius 1 is 1.79 bits per heavy atom. The molecule has 0 aliphatic rings. The normalized spacial score (nSPS) is 10.4. The van der Waals surface area contributed by atoms with Gasteiger partial charge in [-0.25, -0.2) is 4.79 Å². The van der Waals surface area contributed by atoms with Crippen molar-refractivity contribution >= 4 is 33.2 Å². The molecule has 0 radical (unpaired) electrons. The zero-order valence-corrected chi connectivity index (χ0v) is 10.0. The average Bonchev–Trinajstić information content (AvgIpc) is 2.58. The van der Waals surface area contributed by atoms with Gasteiger partial charge in [-0.1, -0.05) is 0 Å². The van der Waals surface area contributed by atoms with Crippen LogP contribution in [0.2, 0.25) is 0 Å². The second kappa shape index (κ2) is 5.82. The van der Waals surface area contributed by atoms with Crippen LogP contribution in [0.1, 0.15) is 4.88 Å². The molecule has 0 aliphatic carbocycles. The van der Waals surface area contributed by atoms with E-state index in [1.165, 1.54) is 18.1 Å². The third-order valence-corrected chi connectivity index (χ3v) is 3.42. The van der Waals surface area contributed by atoms with E-state index in [1.54, 1.807) is 17.5 Å². The number of nitrogens with one attached hydrogen (secondary N) is 1. The molecule has 1 heterocycles. The highest BCUT2D eigenvalue weighted by Crippen LogP contribution is 2.21. The summed E-state index contributed by atoms with van der Waals surface area (Å²) >= 11 is 5.07. The predicted octanol–water partition coefficient (Wildman–Crippen LogP) is 2.29. The Morgan fingerprint density at radius 3 is 3.14 bits per heavy atom. The van der Waals surface area contributed by atoms with Crippen molar-refractivity contribution < 1.29 is 9.53 Å². The molecule has 1 N–H and O–H groups in total. The van der Waals surface area contributed by atoms with Crippen LogP contribution in [0.3, 0.4) is 0 Å². The molecule has 0 spiro atoms. The largest absolute Gasteiger partial charge is 0.466 e. The second-order valence-corrected chi connectivity index (χ2v) is 4.28.